The zero-order valence-corrected chi connectivity index (χ0v) is 14.6. The standard InChI is InChI=1S/C18H28N4O2/c1-13-5-3-7-16(14(13)2)21-17(23)12-22-10-4-6-15(11-22)18(24)20-9-8-19/h3,5,7,15H,4,6,8-12,19H2,1-2H3,(H,20,24)(H,21,23). The van der Waals surface area contributed by atoms with Crippen molar-refractivity contribution in [2.45, 2.75) is 26.7 Å². The van der Waals surface area contributed by atoms with Crippen LogP contribution in [0.2, 0.25) is 0 Å². The van der Waals surface area contributed by atoms with Gasteiger partial charge in [-0.1, -0.05) is 12.1 Å². The molecule has 1 aliphatic heterocycles. The topological polar surface area (TPSA) is 87.5 Å². The number of aryl methyl sites for hydroxylation is 1. The number of anilines is 1. The molecule has 1 fully saturated rings. The number of rotatable bonds is 6. The molecule has 1 unspecified atom stereocenters. The van der Waals surface area contributed by atoms with Gasteiger partial charge in [-0.2, -0.15) is 0 Å². The highest BCUT2D eigenvalue weighted by Crippen LogP contribution is 2.19. The third kappa shape index (κ3) is 5.04. The maximum atomic E-state index is 12.3. The van der Waals surface area contributed by atoms with Crippen LogP contribution >= 0.6 is 0 Å². The highest BCUT2D eigenvalue weighted by atomic mass is 16.2. The van der Waals surface area contributed by atoms with E-state index in [1.54, 1.807) is 0 Å². The SMILES string of the molecule is Cc1cccc(NC(=O)CN2CCCC(C(=O)NCCN)C2)c1C. The van der Waals surface area contributed by atoms with Gasteiger partial charge in [0.15, 0.2) is 0 Å². The Morgan fingerprint density at radius 3 is 2.88 bits per heavy atom. The van der Waals surface area contributed by atoms with Crippen LogP contribution in [0.4, 0.5) is 5.69 Å². The average molecular weight is 332 g/mol. The van der Waals surface area contributed by atoms with E-state index in [1.807, 2.05) is 32.0 Å². The van der Waals surface area contributed by atoms with Crippen molar-refractivity contribution in [2.75, 3.05) is 38.0 Å². The van der Waals surface area contributed by atoms with E-state index >= 15 is 0 Å². The zero-order chi connectivity index (χ0) is 17.5. The van der Waals surface area contributed by atoms with Gasteiger partial charge in [-0.25, -0.2) is 0 Å². The van der Waals surface area contributed by atoms with E-state index in [4.69, 9.17) is 5.73 Å². The molecule has 4 N–H and O–H groups in total. The third-order valence-corrected chi connectivity index (χ3v) is 4.57. The summed E-state index contributed by atoms with van der Waals surface area (Å²) in [5.41, 5.74) is 8.51. The van der Waals surface area contributed by atoms with Gasteiger partial charge in [-0.3, -0.25) is 14.5 Å². The predicted molar refractivity (Wildman–Crippen MR) is 95.8 cm³/mol. The van der Waals surface area contributed by atoms with Crippen LogP contribution in [-0.4, -0.2) is 49.4 Å². The quantitative estimate of drug-likeness (QED) is 0.726. The first-order valence-electron chi connectivity index (χ1n) is 8.57. The van der Waals surface area contributed by atoms with Gasteiger partial charge >= 0.3 is 0 Å². The lowest BCUT2D eigenvalue weighted by atomic mass is 9.97. The van der Waals surface area contributed by atoms with E-state index in [9.17, 15) is 9.59 Å². The summed E-state index contributed by atoms with van der Waals surface area (Å²) < 4.78 is 0. The number of nitrogens with two attached hydrogens (primary N) is 1. The fraction of sp³-hybridized carbons (Fsp3) is 0.556. The molecule has 1 atom stereocenters. The summed E-state index contributed by atoms with van der Waals surface area (Å²) >= 11 is 0. The van der Waals surface area contributed by atoms with Crippen molar-refractivity contribution in [3.8, 4) is 0 Å². The van der Waals surface area contributed by atoms with Crippen LogP contribution in [0.3, 0.4) is 0 Å². The average Bonchev–Trinajstić information content (AvgIpc) is 2.57. The van der Waals surface area contributed by atoms with Gasteiger partial charge in [0, 0.05) is 25.3 Å². The van der Waals surface area contributed by atoms with Gasteiger partial charge in [0.1, 0.15) is 0 Å². The fourth-order valence-electron chi connectivity index (χ4n) is 3.03. The highest BCUT2D eigenvalue weighted by molar-refractivity contribution is 5.93. The molecule has 0 radical (unpaired) electrons. The van der Waals surface area contributed by atoms with Gasteiger partial charge in [0.25, 0.3) is 0 Å². The van der Waals surface area contributed by atoms with E-state index in [0.29, 0.717) is 26.2 Å². The van der Waals surface area contributed by atoms with Crippen molar-refractivity contribution in [1.82, 2.24) is 10.2 Å². The number of nitrogens with zero attached hydrogens (tertiary/aromatic N) is 1. The maximum absolute atomic E-state index is 12.3. The van der Waals surface area contributed by atoms with Crippen molar-refractivity contribution in [3.05, 3.63) is 29.3 Å². The molecule has 1 aromatic carbocycles. The Labute approximate surface area is 143 Å². The molecule has 0 aliphatic carbocycles. The van der Waals surface area contributed by atoms with Crippen LogP contribution in [-0.2, 0) is 9.59 Å². The van der Waals surface area contributed by atoms with Crippen LogP contribution in [0.25, 0.3) is 0 Å². The normalized spacial score (nSPS) is 18.2. The summed E-state index contributed by atoms with van der Waals surface area (Å²) in [5.74, 6) is -0.0504. The van der Waals surface area contributed by atoms with Crippen LogP contribution in [0.5, 0.6) is 0 Å². The number of nitrogens with one attached hydrogen (secondary N) is 2. The van der Waals surface area contributed by atoms with Crippen LogP contribution < -0.4 is 16.4 Å². The van der Waals surface area contributed by atoms with Crippen molar-refractivity contribution < 1.29 is 9.59 Å². The minimum atomic E-state index is -0.0567. The summed E-state index contributed by atoms with van der Waals surface area (Å²) in [6.45, 7) is 6.76. The molecule has 6 heteroatoms. The molecule has 0 aromatic heterocycles. The molecule has 24 heavy (non-hydrogen) atoms. The molecule has 1 saturated heterocycles. The molecular formula is C18H28N4O2. The number of carbonyl (C=O) groups excluding carboxylic acids is 2. The lowest BCUT2D eigenvalue weighted by molar-refractivity contribution is -0.127. The Morgan fingerprint density at radius 1 is 1.33 bits per heavy atom. The van der Waals surface area contributed by atoms with E-state index < -0.39 is 0 Å². The van der Waals surface area contributed by atoms with Gasteiger partial charge in [0.05, 0.1) is 12.5 Å². The molecule has 132 valence electrons. The first-order chi connectivity index (χ1) is 11.5. The third-order valence-electron chi connectivity index (χ3n) is 4.57. The minimum Gasteiger partial charge on any atom is -0.355 e. The van der Waals surface area contributed by atoms with Crippen LogP contribution in [0, 0.1) is 19.8 Å². The fourth-order valence-corrected chi connectivity index (χ4v) is 3.03. The van der Waals surface area contributed by atoms with E-state index in [2.05, 4.69) is 15.5 Å². The first-order valence-corrected chi connectivity index (χ1v) is 8.57. The number of amides is 2. The molecule has 2 rings (SSSR count). The van der Waals surface area contributed by atoms with Gasteiger partial charge < -0.3 is 16.4 Å². The molecule has 2 amide bonds. The molecule has 0 spiro atoms. The van der Waals surface area contributed by atoms with Gasteiger partial charge in [0.2, 0.25) is 11.8 Å². The van der Waals surface area contributed by atoms with E-state index in [0.717, 1.165) is 36.2 Å². The van der Waals surface area contributed by atoms with Gasteiger partial charge in [-0.15, -0.1) is 0 Å². The van der Waals surface area contributed by atoms with E-state index in [1.165, 1.54) is 0 Å². The smallest absolute Gasteiger partial charge is 0.238 e. The molecule has 1 aliphatic rings. The lowest BCUT2D eigenvalue weighted by Gasteiger charge is -2.31. The van der Waals surface area contributed by atoms with Crippen molar-refractivity contribution in [1.29, 1.82) is 0 Å². The highest BCUT2D eigenvalue weighted by Gasteiger charge is 2.26. The minimum absolute atomic E-state index is 0.0354. The number of piperidine rings is 1. The van der Waals surface area contributed by atoms with Crippen molar-refractivity contribution >= 4 is 17.5 Å². The molecule has 0 saturated carbocycles. The maximum Gasteiger partial charge on any atom is 0.238 e. The second-order valence-electron chi connectivity index (χ2n) is 6.45. The number of benzene rings is 1. The number of hydrogen-bond acceptors (Lipinski definition) is 4. The second-order valence-corrected chi connectivity index (χ2v) is 6.45. The monoisotopic (exact) mass is 332 g/mol. The molecule has 6 nitrogen and oxygen atoms in total. The molecule has 1 aromatic rings. The first kappa shape index (κ1) is 18.4. The summed E-state index contributed by atoms with van der Waals surface area (Å²) in [7, 11) is 0. The zero-order valence-electron chi connectivity index (χ0n) is 14.6. The van der Waals surface area contributed by atoms with Crippen molar-refractivity contribution in [2.24, 2.45) is 11.7 Å². The Balaban J connectivity index is 1.87. The molecular weight excluding hydrogens is 304 g/mol. The Hall–Kier alpha value is -1.92. The lowest BCUT2D eigenvalue weighted by Crippen LogP contribution is -2.46. The summed E-state index contributed by atoms with van der Waals surface area (Å²) in [6.07, 6.45) is 1.79. The summed E-state index contributed by atoms with van der Waals surface area (Å²) in [6, 6.07) is 5.89. The number of carbonyl (C=O) groups is 2. The summed E-state index contributed by atoms with van der Waals surface area (Å²) in [4.78, 5) is 26.4. The Bertz CT molecular complexity index is 588. The Morgan fingerprint density at radius 2 is 2.12 bits per heavy atom. The molecule has 0 bridgehead atoms. The molecule has 1 heterocycles. The Kier molecular flexibility index (Phi) is 6.75. The van der Waals surface area contributed by atoms with Crippen molar-refractivity contribution in [3.63, 3.8) is 0 Å². The predicted octanol–water partition coefficient (Wildman–Crippen LogP) is 1.03. The van der Waals surface area contributed by atoms with Crippen LogP contribution in [0.15, 0.2) is 18.2 Å². The summed E-state index contributed by atoms with van der Waals surface area (Å²) in [5, 5.41) is 5.82. The number of likely N-dealkylation sites (tertiary alicyclic amines) is 1. The van der Waals surface area contributed by atoms with E-state index in [-0.39, 0.29) is 17.7 Å². The van der Waals surface area contributed by atoms with Gasteiger partial charge in [-0.05, 0) is 50.4 Å². The van der Waals surface area contributed by atoms with Crippen LogP contribution in [0.1, 0.15) is 24.0 Å². The second kappa shape index (κ2) is 8.80. The number of hydrogen-bond donors (Lipinski definition) is 3. The largest absolute Gasteiger partial charge is 0.355 e.